The van der Waals surface area contributed by atoms with E-state index in [1.54, 1.807) is 6.20 Å². The number of hydrogen-bond acceptors (Lipinski definition) is 3. The van der Waals surface area contributed by atoms with Crippen LogP contribution in [0.1, 0.15) is 18.0 Å². The molecule has 1 aromatic heterocycles. The molecule has 0 saturated carbocycles. The normalized spacial score (nSPS) is 13.3. The Morgan fingerprint density at radius 1 is 1.43 bits per heavy atom. The van der Waals surface area contributed by atoms with E-state index in [-0.39, 0.29) is 6.04 Å². The van der Waals surface area contributed by atoms with Crippen LogP contribution in [-0.2, 0) is 0 Å². The van der Waals surface area contributed by atoms with Gasteiger partial charge in [0.05, 0.1) is 11.7 Å². The van der Waals surface area contributed by atoms with Crippen molar-refractivity contribution >= 4 is 10.9 Å². The number of nitrogens with two attached hydrogens (primary N) is 2. The molecule has 0 aliphatic carbocycles. The van der Waals surface area contributed by atoms with Gasteiger partial charge in [0.15, 0.2) is 0 Å². The number of nitrogens with zero attached hydrogens (tertiary/aromatic N) is 1. The Bertz CT molecular complexity index is 421. The van der Waals surface area contributed by atoms with E-state index in [2.05, 4.69) is 16.3 Å². The lowest BCUT2D eigenvalue weighted by molar-refractivity contribution is 0.662. The summed E-state index contributed by atoms with van der Waals surface area (Å²) in [6, 6.07) is 6.09. The van der Waals surface area contributed by atoms with Crippen molar-refractivity contribution in [2.45, 2.75) is 12.5 Å². The molecule has 0 saturated heterocycles. The molecule has 4 heteroatoms. The second-order valence-corrected chi connectivity index (χ2v) is 3.40. The summed E-state index contributed by atoms with van der Waals surface area (Å²) in [6.07, 6.45) is 2.61. The fraction of sp³-hybridized carbons (Fsp3) is 0.300. The third-order valence-corrected chi connectivity index (χ3v) is 2.37. The molecule has 4 nitrogen and oxygen atoms in total. The molecule has 14 heavy (non-hydrogen) atoms. The highest BCUT2D eigenvalue weighted by Crippen LogP contribution is 2.18. The van der Waals surface area contributed by atoms with E-state index in [1.807, 2.05) is 12.1 Å². The lowest BCUT2D eigenvalue weighted by atomic mass is 10.0. The zero-order chi connectivity index (χ0) is 9.97. The number of fused-ring (bicyclic) bond motifs is 1. The topological polar surface area (TPSA) is 80.7 Å². The SMILES string of the molecule is NCCC(N)c1ccc2[nH]ncc2c1. The molecular formula is C10H14N4. The van der Waals surface area contributed by atoms with Gasteiger partial charge >= 0.3 is 0 Å². The molecule has 1 unspecified atom stereocenters. The smallest absolute Gasteiger partial charge is 0.0650 e. The van der Waals surface area contributed by atoms with Crippen LogP contribution >= 0.6 is 0 Å². The monoisotopic (exact) mass is 190 g/mol. The predicted molar refractivity (Wildman–Crippen MR) is 56.7 cm³/mol. The van der Waals surface area contributed by atoms with E-state index in [0.717, 1.165) is 22.9 Å². The summed E-state index contributed by atoms with van der Waals surface area (Å²) in [5.74, 6) is 0. The highest BCUT2D eigenvalue weighted by Gasteiger charge is 2.05. The van der Waals surface area contributed by atoms with Gasteiger partial charge in [-0.1, -0.05) is 6.07 Å². The average molecular weight is 190 g/mol. The fourth-order valence-electron chi connectivity index (χ4n) is 1.54. The second kappa shape index (κ2) is 3.77. The van der Waals surface area contributed by atoms with Crippen LogP contribution in [0.4, 0.5) is 0 Å². The molecule has 0 spiro atoms. The highest BCUT2D eigenvalue weighted by molar-refractivity contribution is 5.78. The predicted octanol–water partition coefficient (Wildman–Crippen LogP) is 0.911. The van der Waals surface area contributed by atoms with Crippen LogP contribution in [0.15, 0.2) is 24.4 Å². The molecule has 1 heterocycles. The third-order valence-electron chi connectivity index (χ3n) is 2.37. The molecule has 0 bridgehead atoms. The van der Waals surface area contributed by atoms with Gasteiger partial charge in [0.2, 0.25) is 0 Å². The number of benzene rings is 1. The van der Waals surface area contributed by atoms with Gasteiger partial charge in [0.1, 0.15) is 0 Å². The first kappa shape index (κ1) is 9.18. The van der Waals surface area contributed by atoms with Gasteiger partial charge in [-0.25, -0.2) is 0 Å². The maximum absolute atomic E-state index is 5.95. The van der Waals surface area contributed by atoms with E-state index in [4.69, 9.17) is 11.5 Å². The quantitative estimate of drug-likeness (QED) is 0.673. The molecule has 5 N–H and O–H groups in total. The van der Waals surface area contributed by atoms with Crippen molar-refractivity contribution in [2.24, 2.45) is 11.5 Å². The van der Waals surface area contributed by atoms with Crippen LogP contribution < -0.4 is 11.5 Å². The maximum atomic E-state index is 5.95. The van der Waals surface area contributed by atoms with Gasteiger partial charge < -0.3 is 11.5 Å². The first-order valence-electron chi connectivity index (χ1n) is 4.70. The largest absolute Gasteiger partial charge is 0.330 e. The molecule has 1 atom stereocenters. The Balaban J connectivity index is 2.33. The van der Waals surface area contributed by atoms with E-state index < -0.39 is 0 Å². The van der Waals surface area contributed by atoms with Crippen molar-refractivity contribution in [3.05, 3.63) is 30.0 Å². The zero-order valence-corrected chi connectivity index (χ0v) is 7.90. The number of H-pyrrole nitrogens is 1. The van der Waals surface area contributed by atoms with Gasteiger partial charge in [-0.15, -0.1) is 0 Å². The number of hydrogen-bond donors (Lipinski definition) is 3. The maximum Gasteiger partial charge on any atom is 0.0650 e. The summed E-state index contributed by atoms with van der Waals surface area (Å²) >= 11 is 0. The van der Waals surface area contributed by atoms with E-state index in [1.165, 1.54) is 0 Å². The van der Waals surface area contributed by atoms with Crippen LogP contribution in [0.25, 0.3) is 10.9 Å². The molecule has 0 aliphatic heterocycles. The molecular weight excluding hydrogens is 176 g/mol. The Hall–Kier alpha value is -1.39. The van der Waals surface area contributed by atoms with Crippen molar-refractivity contribution in [1.29, 1.82) is 0 Å². The van der Waals surface area contributed by atoms with Gasteiger partial charge in [-0.3, -0.25) is 5.10 Å². The van der Waals surface area contributed by atoms with Crippen molar-refractivity contribution < 1.29 is 0 Å². The minimum atomic E-state index is 0.0271. The van der Waals surface area contributed by atoms with Crippen molar-refractivity contribution in [2.75, 3.05) is 6.54 Å². The van der Waals surface area contributed by atoms with Gasteiger partial charge in [0.25, 0.3) is 0 Å². The molecule has 0 radical (unpaired) electrons. The first-order chi connectivity index (χ1) is 6.81. The molecule has 2 aromatic rings. The summed E-state index contributed by atoms with van der Waals surface area (Å²) in [6.45, 7) is 0.616. The number of aromatic amines is 1. The summed E-state index contributed by atoms with van der Waals surface area (Å²) in [4.78, 5) is 0. The van der Waals surface area contributed by atoms with Crippen LogP contribution in [0.3, 0.4) is 0 Å². The van der Waals surface area contributed by atoms with Crippen molar-refractivity contribution in [1.82, 2.24) is 10.2 Å². The summed E-state index contributed by atoms with van der Waals surface area (Å²) < 4.78 is 0. The summed E-state index contributed by atoms with van der Waals surface area (Å²) in [5.41, 5.74) is 13.6. The minimum absolute atomic E-state index is 0.0271. The standard InChI is InChI=1S/C10H14N4/c11-4-3-9(12)7-1-2-10-8(5-7)6-13-14-10/h1-2,5-6,9H,3-4,11-12H2,(H,13,14). The fourth-order valence-corrected chi connectivity index (χ4v) is 1.54. The molecule has 2 rings (SSSR count). The van der Waals surface area contributed by atoms with Crippen LogP contribution in [0, 0.1) is 0 Å². The zero-order valence-electron chi connectivity index (χ0n) is 7.90. The third kappa shape index (κ3) is 1.62. The number of nitrogens with one attached hydrogen (secondary N) is 1. The van der Waals surface area contributed by atoms with E-state index >= 15 is 0 Å². The van der Waals surface area contributed by atoms with Crippen molar-refractivity contribution in [3.63, 3.8) is 0 Å². The number of aromatic nitrogens is 2. The Morgan fingerprint density at radius 2 is 2.29 bits per heavy atom. The molecule has 1 aromatic carbocycles. The van der Waals surface area contributed by atoms with Gasteiger partial charge in [-0.05, 0) is 30.7 Å². The van der Waals surface area contributed by atoms with Crippen LogP contribution in [0.5, 0.6) is 0 Å². The lowest BCUT2D eigenvalue weighted by Crippen LogP contribution is -2.15. The molecule has 0 amide bonds. The van der Waals surface area contributed by atoms with Crippen LogP contribution in [-0.4, -0.2) is 16.7 Å². The first-order valence-corrected chi connectivity index (χ1v) is 4.70. The molecule has 0 aliphatic rings. The van der Waals surface area contributed by atoms with Gasteiger partial charge in [0, 0.05) is 11.4 Å². The highest BCUT2D eigenvalue weighted by atomic mass is 15.1. The second-order valence-electron chi connectivity index (χ2n) is 3.40. The summed E-state index contributed by atoms with van der Waals surface area (Å²) in [7, 11) is 0. The van der Waals surface area contributed by atoms with Crippen molar-refractivity contribution in [3.8, 4) is 0 Å². The molecule has 74 valence electrons. The minimum Gasteiger partial charge on any atom is -0.330 e. The van der Waals surface area contributed by atoms with Gasteiger partial charge in [-0.2, -0.15) is 5.10 Å². The lowest BCUT2D eigenvalue weighted by Gasteiger charge is -2.10. The van der Waals surface area contributed by atoms with Crippen LogP contribution in [0.2, 0.25) is 0 Å². The Kier molecular flexibility index (Phi) is 2.47. The molecule has 0 fully saturated rings. The summed E-state index contributed by atoms with van der Waals surface area (Å²) in [5, 5.41) is 7.95. The Morgan fingerprint density at radius 3 is 3.07 bits per heavy atom. The van der Waals surface area contributed by atoms with E-state index in [0.29, 0.717) is 6.54 Å². The average Bonchev–Trinajstić information content (AvgIpc) is 2.64. The Labute approximate surface area is 82.3 Å². The van der Waals surface area contributed by atoms with E-state index in [9.17, 15) is 0 Å². The number of rotatable bonds is 3.